The molecule has 1 aliphatic heterocycles. The number of carbonyl (C=O) groups excluding carboxylic acids is 1. The first kappa shape index (κ1) is 21.5. The molecule has 7 heteroatoms. The van der Waals surface area contributed by atoms with Crippen molar-refractivity contribution in [2.24, 2.45) is 4.99 Å². The fourth-order valence-electron chi connectivity index (χ4n) is 3.06. The lowest BCUT2D eigenvalue weighted by Crippen LogP contribution is -2.39. The second kappa shape index (κ2) is 11.8. The lowest BCUT2D eigenvalue weighted by Gasteiger charge is -2.25. The van der Waals surface area contributed by atoms with E-state index in [0.29, 0.717) is 23.7 Å². The number of halogens is 1. The Morgan fingerprint density at radius 1 is 1.22 bits per heavy atom. The molecule has 0 radical (unpaired) electrons. The molecule has 1 saturated heterocycles. The molecular weight excluding hydrogens is 362 g/mol. The third-order valence-corrected chi connectivity index (χ3v) is 4.83. The number of carbonyl (C=O) groups is 1. The zero-order valence-corrected chi connectivity index (χ0v) is 17.2. The number of aryl methyl sites for hydroxylation is 1. The van der Waals surface area contributed by atoms with Gasteiger partial charge in [0.2, 0.25) is 5.91 Å². The van der Waals surface area contributed by atoms with Gasteiger partial charge in [0.1, 0.15) is 0 Å². The van der Waals surface area contributed by atoms with E-state index in [9.17, 15) is 4.79 Å². The maximum Gasteiger partial charge on any atom is 0.226 e. The number of nitrogens with one attached hydrogen (secondary N) is 3. The van der Waals surface area contributed by atoms with Crippen LogP contribution in [0.25, 0.3) is 0 Å². The molecule has 0 bridgehead atoms. The van der Waals surface area contributed by atoms with E-state index in [4.69, 9.17) is 11.6 Å². The molecule has 0 spiro atoms. The highest BCUT2D eigenvalue weighted by Crippen LogP contribution is 2.22. The average Bonchev–Trinajstić information content (AvgIpc) is 2.65. The molecule has 0 aromatic heterocycles. The Labute approximate surface area is 167 Å². The third-order valence-electron chi connectivity index (χ3n) is 4.52. The molecule has 0 aliphatic carbocycles. The topological polar surface area (TPSA) is 68.8 Å². The van der Waals surface area contributed by atoms with Gasteiger partial charge in [0, 0.05) is 26.1 Å². The van der Waals surface area contributed by atoms with E-state index in [0.717, 1.165) is 31.2 Å². The Bertz CT molecular complexity index is 629. The van der Waals surface area contributed by atoms with Gasteiger partial charge in [0.15, 0.2) is 5.96 Å². The summed E-state index contributed by atoms with van der Waals surface area (Å²) in [5.41, 5.74) is 1.71. The smallest absolute Gasteiger partial charge is 0.226 e. The Balaban J connectivity index is 1.72. The molecule has 1 aliphatic rings. The first-order valence-electron chi connectivity index (χ1n) is 9.89. The van der Waals surface area contributed by atoms with Gasteiger partial charge in [0.25, 0.3) is 0 Å². The number of hydrogen-bond donors (Lipinski definition) is 3. The fraction of sp³-hybridized carbons (Fsp3) is 0.600. The van der Waals surface area contributed by atoms with Crippen LogP contribution in [-0.2, 0) is 4.79 Å². The van der Waals surface area contributed by atoms with E-state index in [-0.39, 0.29) is 5.91 Å². The molecule has 6 nitrogen and oxygen atoms in total. The maximum atomic E-state index is 12.1. The Morgan fingerprint density at radius 3 is 2.70 bits per heavy atom. The summed E-state index contributed by atoms with van der Waals surface area (Å²) in [5.74, 6) is 0.688. The number of benzene rings is 1. The van der Waals surface area contributed by atoms with E-state index in [1.54, 1.807) is 0 Å². The van der Waals surface area contributed by atoms with Crippen molar-refractivity contribution < 1.29 is 4.79 Å². The van der Waals surface area contributed by atoms with Crippen LogP contribution in [0, 0.1) is 6.92 Å². The number of piperidine rings is 1. The number of likely N-dealkylation sites (tertiary alicyclic amines) is 1. The zero-order valence-electron chi connectivity index (χ0n) is 16.5. The molecule has 1 fully saturated rings. The minimum absolute atomic E-state index is 0.0718. The molecule has 150 valence electrons. The Morgan fingerprint density at radius 2 is 2.00 bits per heavy atom. The summed E-state index contributed by atoms with van der Waals surface area (Å²) in [6.07, 6.45) is 4.28. The second-order valence-corrected chi connectivity index (χ2v) is 7.28. The highest BCUT2D eigenvalue weighted by molar-refractivity contribution is 6.33. The van der Waals surface area contributed by atoms with Gasteiger partial charge in [-0.3, -0.25) is 9.79 Å². The molecule has 2 rings (SSSR count). The molecule has 1 heterocycles. The summed E-state index contributed by atoms with van der Waals surface area (Å²) in [6.45, 7) is 9.43. The number of hydrogen-bond acceptors (Lipinski definition) is 3. The lowest BCUT2D eigenvalue weighted by molar-refractivity contribution is -0.116. The van der Waals surface area contributed by atoms with Gasteiger partial charge >= 0.3 is 0 Å². The highest BCUT2D eigenvalue weighted by Gasteiger charge is 2.09. The SMILES string of the molecule is CCNC(=NCCN1CCCCC1)NCCC(=O)Nc1ccc(C)cc1Cl. The van der Waals surface area contributed by atoms with Crippen LogP contribution in [0.5, 0.6) is 0 Å². The van der Waals surface area contributed by atoms with Crippen molar-refractivity contribution in [3.05, 3.63) is 28.8 Å². The van der Waals surface area contributed by atoms with Crippen LogP contribution in [0.3, 0.4) is 0 Å². The number of guanidine groups is 1. The van der Waals surface area contributed by atoms with Crippen molar-refractivity contribution in [1.29, 1.82) is 0 Å². The van der Waals surface area contributed by atoms with Gasteiger partial charge < -0.3 is 20.9 Å². The quantitative estimate of drug-likeness (QED) is 0.469. The highest BCUT2D eigenvalue weighted by atomic mass is 35.5. The van der Waals surface area contributed by atoms with Gasteiger partial charge in [-0.15, -0.1) is 0 Å². The monoisotopic (exact) mass is 393 g/mol. The molecule has 1 amide bonds. The lowest BCUT2D eigenvalue weighted by atomic mass is 10.1. The molecule has 0 unspecified atom stereocenters. The summed E-state index contributed by atoms with van der Waals surface area (Å²) < 4.78 is 0. The average molecular weight is 394 g/mol. The molecule has 3 N–H and O–H groups in total. The molecule has 27 heavy (non-hydrogen) atoms. The van der Waals surface area contributed by atoms with E-state index in [2.05, 4.69) is 25.8 Å². The molecule has 1 aromatic rings. The van der Waals surface area contributed by atoms with Crippen LogP contribution in [-0.4, -0.2) is 56.0 Å². The number of aliphatic imine (C=N–C) groups is 1. The summed E-state index contributed by atoms with van der Waals surface area (Å²) in [7, 11) is 0. The largest absolute Gasteiger partial charge is 0.357 e. The summed E-state index contributed by atoms with van der Waals surface area (Å²) in [5, 5.41) is 9.86. The van der Waals surface area contributed by atoms with Crippen molar-refractivity contribution in [1.82, 2.24) is 15.5 Å². The van der Waals surface area contributed by atoms with Crippen LogP contribution in [0.2, 0.25) is 5.02 Å². The summed E-state index contributed by atoms with van der Waals surface area (Å²) in [4.78, 5) is 19.2. The Hall–Kier alpha value is -1.79. The van der Waals surface area contributed by atoms with Gasteiger partial charge in [-0.05, 0) is 57.5 Å². The van der Waals surface area contributed by atoms with Gasteiger partial charge in [-0.2, -0.15) is 0 Å². The van der Waals surface area contributed by atoms with Crippen molar-refractivity contribution in [2.75, 3.05) is 44.6 Å². The standard InChI is InChI=1S/C20H32ClN5O/c1-3-22-20(24-11-14-26-12-5-4-6-13-26)23-10-9-19(27)25-18-8-7-16(2)15-17(18)21/h7-8,15H,3-6,9-14H2,1-2H3,(H,25,27)(H2,22,23,24). The predicted molar refractivity (Wildman–Crippen MR) is 114 cm³/mol. The zero-order chi connectivity index (χ0) is 19.5. The first-order valence-corrected chi connectivity index (χ1v) is 10.3. The molecule has 0 saturated carbocycles. The van der Waals surface area contributed by atoms with Crippen molar-refractivity contribution in [3.8, 4) is 0 Å². The van der Waals surface area contributed by atoms with Gasteiger partial charge in [0.05, 0.1) is 17.3 Å². The number of nitrogens with zero attached hydrogens (tertiary/aromatic N) is 2. The predicted octanol–water partition coefficient (Wildman–Crippen LogP) is 3.02. The molecule has 1 aromatic carbocycles. The third kappa shape index (κ3) is 8.18. The van der Waals surface area contributed by atoms with Crippen LogP contribution >= 0.6 is 11.6 Å². The van der Waals surface area contributed by atoms with Crippen LogP contribution in [0.4, 0.5) is 5.69 Å². The van der Waals surface area contributed by atoms with Crippen LogP contribution in [0.15, 0.2) is 23.2 Å². The second-order valence-electron chi connectivity index (χ2n) is 6.87. The number of amides is 1. The normalized spacial score (nSPS) is 15.4. The van der Waals surface area contributed by atoms with Crippen LogP contribution < -0.4 is 16.0 Å². The summed E-state index contributed by atoms with van der Waals surface area (Å²) in [6, 6.07) is 5.60. The maximum absolute atomic E-state index is 12.1. The molecule has 0 atom stereocenters. The van der Waals surface area contributed by atoms with Crippen molar-refractivity contribution >= 4 is 29.2 Å². The van der Waals surface area contributed by atoms with Gasteiger partial charge in [-0.25, -0.2) is 0 Å². The van der Waals surface area contributed by atoms with Crippen molar-refractivity contribution in [2.45, 2.75) is 39.5 Å². The van der Waals surface area contributed by atoms with Crippen LogP contribution in [0.1, 0.15) is 38.2 Å². The minimum atomic E-state index is -0.0718. The van der Waals surface area contributed by atoms with Crippen molar-refractivity contribution in [3.63, 3.8) is 0 Å². The summed E-state index contributed by atoms with van der Waals surface area (Å²) >= 11 is 6.16. The van der Waals surface area contributed by atoms with E-state index < -0.39 is 0 Å². The minimum Gasteiger partial charge on any atom is -0.357 e. The number of anilines is 1. The van der Waals surface area contributed by atoms with Gasteiger partial charge in [-0.1, -0.05) is 24.1 Å². The molecular formula is C20H32ClN5O. The first-order chi connectivity index (χ1) is 13.1. The fourth-order valence-corrected chi connectivity index (χ4v) is 3.34. The van der Waals surface area contributed by atoms with E-state index >= 15 is 0 Å². The van der Waals surface area contributed by atoms with E-state index in [1.165, 1.54) is 32.4 Å². The number of rotatable bonds is 8. The Kier molecular flexibility index (Phi) is 9.42. The van der Waals surface area contributed by atoms with E-state index in [1.807, 2.05) is 32.0 Å².